The molecule has 4 nitrogen and oxygen atoms in total. The molecule has 0 radical (unpaired) electrons. The standard InChI is InChI=1S/C15H19NO3/c1-9-12(19-9)13-15(2,3)14(17)16(13)10-5-7-11(18-4)8-6-10/h5-9,12-13H,1-4H3/t9-,12+,13-/m0/s1. The molecule has 2 aliphatic heterocycles. The molecule has 2 fully saturated rings. The zero-order chi connectivity index (χ0) is 13.8. The molecule has 0 saturated carbocycles. The fourth-order valence-electron chi connectivity index (χ4n) is 2.93. The molecular formula is C15H19NO3. The average Bonchev–Trinajstić information content (AvgIpc) is 3.11. The van der Waals surface area contributed by atoms with E-state index in [4.69, 9.17) is 9.47 Å². The lowest BCUT2D eigenvalue weighted by Gasteiger charge is -2.52. The predicted molar refractivity (Wildman–Crippen MR) is 72.4 cm³/mol. The summed E-state index contributed by atoms with van der Waals surface area (Å²) >= 11 is 0. The Morgan fingerprint density at radius 1 is 1.26 bits per heavy atom. The summed E-state index contributed by atoms with van der Waals surface area (Å²) in [6.45, 7) is 6.04. The minimum Gasteiger partial charge on any atom is -0.497 e. The number of methoxy groups -OCH3 is 1. The SMILES string of the molecule is COc1ccc(N2C(=O)C(C)(C)[C@@H]2[C@@H]2O[C@H]2C)cc1. The number of β-lactam (4-membered cyclic amide) rings is 1. The fraction of sp³-hybridized carbons (Fsp3) is 0.533. The van der Waals surface area contributed by atoms with Crippen molar-refractivity contribution in [1.29, 1.82) is 0 Å². The van der Waals surface area contributed by atoms with Gasteiger partial charge in [-0.3, -0.25) is 4.79 Å². The van der Waals surface area contributed by atoms with Gasteiger partial charge < -0.3 is 14.4 Å². The van der Waals surface area contributed by atoms with E-state index < -0.39 is 0 Å². The monoisotopic (exact) mass is 261 g/mol. The van der Waals surface area contributed by atoms with Crippen LogP contribution in [0.5, 0.6) is 5.75 Å². The minimum atomic E-state index is -0.338. The number of hydrogen-bond donors (Lipinski definition) is 0. The van der Waals surface area contributed by atoms with Crippen molar-refractivity contribution in [3.63, 3.8) is 0 Å². The van der Waals surface area contributed by atoms with Gasteiger partial charge in [0.05, 0.1) is 24.7 Å². The number of hydrogen-bond acceptors (Lipinski definition) is 3. The van der Waals surface area contributed by atoms with Gasteiger partial charge in [-0.2, -0.15) is 0 Å². The van der Waals surface area contributed by atoms with E-state index in [0.29, 0.717) is 0 Å². The first kappa shape index (κ1) is 12.5. The molecule has 1 aromatic carbocycles. The van der Waals surface area contributed by atoms with E-state index in [2.05, 4.69) is 6.92 Å². The van der Waals surface area contributed by atoms with E-state index >= 15 is 0 Å². The average molecular weight is 261 g/mol. The van der Waals surface area contributed by atoms with Crippen LogP contribution in [0.3, 0.4) is 0 Å². The molecule has 102 valence electrons. The van der Waals surface area contributed by atoms with Gasteiger partial charge in [-0.1, -0.05) is 0 Å². The normalized spacial score (nSPS) is 31.9. The molecule has 19 heavy (non-hydrogen) atoms. The number of benzene rings is 1. The first-order chi connectivity index (χ1) is 8.96. The van der Waals surface area contributed by atoms with Crippen LogP contribution in [-0.4, -0.2) is 31.3 Å². The predicted octanol–water partition coefficient (Wildman–Crippen LogP) is 2.22. The molecule has 0 aliphatic carbocycles. The summed E-state index contributed by atoms with van der Waals surface area (Å²) in [5.74, 6) is 0.953. The lowest BCUT2D eigenvalue weighted by Crippen LogP contribution is -2.69. The van der Waals surface area contributed by atoms with Crippen LogP contribution in [0.25, 0.3) is 0 Å². The molecule has 2 heterocycles. The quantitative estimate of drug-likeness (QED) is 0.619. The molecule has 0 aromatic heterocycles. The lowest BCUT2D eigenvalue weighted by molar-refractivity contribution is -0.137. The van der Waals surface area contributed by atoms with Crippen molar-refractivity contribution in [1.82, 2.24) is 0 Å². The van der Waals surface area contributed by atoms with Gasteiger partial charge in [0.1, 0.15) is 11.9 Å². The van der Waals surface area contributed by atoms with Crippen LogP contribution in [0, 0.1) is 5.41 Å². The molecule has 3 rings (SSSR count). The maximum atomic E-state index is 12.3. The maximum absolute atomic E-state index is 12.3. The third-order valence-corrected chi connectivity index (χ3v) is 4.21. The number of amides is 1. The molecule has 4 heteroatoms. The number of anilines is 1. The highest BCUT2D eigenvalue weighted by molar-refractivity contribution is 6.05. The Bertz CT molecular complexity index is 509. The lowest BCUT2D eigenvalue weighted by atomic mass is 9.71. The van der Waals surface area contributed by atoms with Crippen LogP contribution in [-0.2, 0) is 9.53 Å². The summed E-state index contributed by atoms with van der Waals surface area (Å²) in [5.41, 5.74) is 0.577. The molecule has 0 N–H and O–H groups in total. The minimum absolute atomic E-state index is 0.128. The first-order valence-electron chi connectivity index (χ1n) is 6.60. The molecular weight excluding hydrogens is 242 g/mol. The van der Waals surface area contributed by atoms with Crippen LogP contribution in [0.2, 0.25) is 0 Å². The molecule has 0 bridgehead atoms. The van der Waals surface area contributed by atoms with Gasteiger partial charge in [-0.25, -0.2) is 0 Å². The van der Waals surface area contributed by atoms with Gasteiger partial charge in [0.25, 0.3) is 0 Å². The third-order valence-electron chi connectivity index (χ3n) is 4.21. The first-order valence-corrected chi connectivity index (χ1v) is 6.60. The van der Waals surface area contributed by atoms with Crippen LogP contribution < -0.4 is 9.64 Å². The van der Waals surface area contributed by atoms with Gasteiger partial charge in [0, 0.05) is 5.69 Å². The van der Waals surface area contributed by atoms with Crippen molar-refractivity contribution < 1.29 is 14.3 Å². The molecule has 2 saturated heterocycles. The van der Waals surface area contributed by atoms with E-state index in [1.54, 1.807) is 7.11 Å². The molecule has 1 aromatic rings. The van der Waals surface area contributed by atoms with E-state index in [-0.39, 0.29) is 29.6 Å². The highest BCUT2D eigenvalue weighted by atomic mass is 16.6. The van der Waals surface area contributed by atoms with E-state index in [1.165, 1.54) is 0 Å². The van der Waals surface area contributed by atoms with Gasteiger partial charge in [-0.15, -0.1) is 0 Å². The van der Waals surface area contributed by atoms with E-state index in [0.717, 1.165) is 11.4 Å². The third kappa shape index (κ3) is 1.74. The number of epoxide rings is 1. The zero-order valence-electron chi connectivity index (χ0n) is 11.7. The number of ether oxygens (including phenoxy) is 2. The summed E-state index contributed by atoms with van der Waals surface area (Å²) < 4.78 is 10.7. The maximum Gasteiger partial charge on any atom is 0.235 e. The summed E-state index contributed by atoms with van der Waals surface area (Å²) in [6.07, 6.45) is 0.410. The fourth-order valence-corrected chi connectivity index (χ4v) is 2.93. The van der Waals surface area contributed by atoms with Crippen LogP contribution in [0.1, 0.15) is 20.8 Å². The molecule has 0 spiro atoms. The molecule has 2 aliphatic rings. The van der Waals surface area contributed by atoms with Crippen molar-refractivity contribution in [2.45, 2.75) is 39.0 Å². The number of carbonyl (C=O) groups is 1. The van der Waals surface area contributed by atoms with Gasteiger partial charge >= 0.3 is 0 Å². The molecule has 1 amide bonds. The molecule has 3 atom stereocenters. The van der Waals surface area contributed by atoms with E-state index in [9.17, 15) is 4.79 Å². The van der Waals surface area contributed by atoms with Crippen molar-refractivity contribution >= 4 is 11.6 Å². The molecule has 0 unspecified atom stereocenters. The second-order valence-corrected chi connectivity index (χ2v) is 5.85. The summed E-state index contributed by atoms with van der Waals surface area (Å²) in [5, 5.41) is 0. The number of rotatable bonds is 3. The van der Waals surface area contributed by atoms with Gasteiger partial charge in [0.2, 0.25) is 5.91 Å². The highest BCUT2D eigenvalue weighted by Gasteiger charge is 2.63. The Hall–Kier alpha value is -1.55. The summed E-state index contributed by atoms with van der Waals surface area (Å²) in [6, 6.07) is 7.73. The smallest absolute Gasteiger partial charge is 0.235 e. The van der Waals surface area contributed by atoms with Gasteiger partial charge in [0.15, 0.2) is 0 Å². The Kier molecular flexibility index (Phi) is 2.61. The van der Waals surface area contributed by atoms with Crippen LogP contribution in [0.4, 0.5) is 5.69 Å². The van der Waals surface area contributed by atoms with Gasteiger partial charge in [-0.05, 0) is 45.0 Å². The Labute approximate surface area is 113 Å². The second kappa shape index (κ2) is 3.97. The van der Waals surface area contributed by atoms with Crippen LogP contribution >= 0.6 is 0 Å². The van der Waals surface area contributed by atoms with Crippen LogP contribution in [0.15, 0.2) is 24.3 Å². The largest absolute Gasteiger partial charge is 0.497 e. The second-order valence-electron chi connectivity index (χ2n) is 5.85. The Morgan fingerprint density at radius 2 is 1.84 bits per heavy atom. The van der Waals surface area contributed by atoms with Crippen molar-refractivity contribution in [2.75, 3.05) is 12.0 Å². The summed E-state index contributed by atoms with van der Waals surface area (Å²) in [7, 11) is 1.63. The number of carbonyl (C=O) groups excluding carboxylic acids is 1. The van der Waals surface area contributed by atoms with Crippen molar-refractivity contribution in [2.24, 2.45) is 5.41 Å². The number of nitrogens with zero attached hydrogens (tertiary/aromatic N) is 1. The van der Waals surface area contributed by atoms with Crippen molar-refractivity contribution in [3.8, 4) is 5.75 Å². The van der Waals surface area contributed by atoms with Crippen molar-refractivity contribution in [3.05, 3.63) is 24.3 Å². The highest BCUT2D eigenvalue weighted by Crippen LogP contribution is 2.49. The Morgan fingerprint density at radius 3 is 2.32 bits per heavy atom. The topological polar surface area (TPSA) is 42.1 Å². The summed E-state index contributed by atoms with van der Waals surface area (Å²) in [4.78, 5) is 14.2. The zero-order valence-corrected chi connectivity index (χ0v) is 11.7. The Balaban J connectivity index is 1.88. The van der Waals surface area contributed by atoms with E-state index in [1.807, 2.05) is 43.0 Å².